The highest BCUT2D eigenvalue weighted by Crippen LogP contribution is 2.22. The van der Waals surface area contributed by atoms with E-state index in [0.717, 1.165) is 0 Å². The monoisotopic (exact) mass is 302 g/mol. The van der Waals surface area contributed by atoms with Crippen molar-refractivity contribution in [3.8, 4) is 0 Å². The number of nitrogens with one attached hydrogen (secondary N) is 1. The molecule has 1 aromatic carbocycles. The molecule has 5 heteroatoms. The fraction of sp³-hybridized carbons (Fsp3) is 0.417. The van der Waals surface area contributed by atoms with Crippen LogP contribution < -0.4 is 11.1 Å². The molecule has 0 spiro atoms. The molecule has 0 bridgehead atoms. The molecule has 0 saturated carbocycles. The summed E-state index contributed by atoms with van der Waals surface area (Å²) in [5, 5.41) is 2.48. The second-order valence-electron chi connectivity index (χ2n) is 4.96. The predicted molar refractivity (Wildman–Crippen MR) is 70.2 cm³/mol. The van der Waals surface area contributed by atoms with Crippen LogP contribution in [0.3, 0.4) is 0 Å². The second kappa shape index (κ2) is 5.14. The van der Waals surface area contributed by atoms with Gasteiger partial charge in [-0.3, -0.25) is 4.79 Å². The van der Waals surface area contributed by atoms with Gasteiger partial charge in [-0.15, -0.1) is 0 Å². The van der Waals surface area contributed by atoms with Crippen molar-refractivity contribution in [1.29, 1.82) is 0 Å². The zero-order valence-corrected chi connectivity index (χ0v) is 11.6. The smallest absolute Gasteiger partial charge is 0.241 e. The largest absolute Gasteiger partial charge is 0.322 e. The van der Waals surface area contributed by atoms with Crippen LogP contribution in [0.25, 0.3) is 0 Å². The Morgan fingerprint density at radius 3 is 2.53 bits per heavy atom. The van der Waals surface area contributed by atoms with Crippen LogP contribution in [0, 0.1) is 11.2 Å². The van der Waals surface area contributed by atoms with Crippen molar-refractivity contribution >= 4 is 27.5 Å². The van der Waals surface area contributed by atoms with Crippen LogP contribution in [0.4, 0.5) is 10.1 Å². The van der Waals surface area contributed by atoms with Gasteiger partial charge in [-0.2, -0.15) is 0 Å². The van der Waals surface area contributed by atoms with E-state index < -0.39 is 17.8 Å². The van der Waals surface area contributed by atoms with Gasteiger partial charge in [0.25, 0.3) is 0 Å². The van der Waals surface area contributed by atoms with Crippen LogP contribution in [0.5, 0.6) is 0 Å². The number of nitrogens with two attached hydrogens (primary N) is 1. The van der Waals surface area contributed by atoms with Gasteiger partial charge in [-0.25, -0.2) is 4.39 Å². The number of hydrogen-bond donors (Lipinski definition) is 2. The summed E-state index contributed by atoms with van der Waals surface area (Å²) in [6.07, 6.45) is 0. The maximum Gasteiger partial charge on any atom is 0.241 e. The van der Waals surface area contributed by atoms with Gasteiger partial charge in [0.05, 0.1) is 11.7 Å². The molecule has 3 nitrogen and oxygen atoms in total. The van der Waals surface area contributed by atoms with Crippen LogP contribution in [-0.2, 0) is 4.79 Å². The van der Waals surface area contributed by atoms with Crippen molar-refractivity contribution in [3.63, 3.8) is 0 Å². The first-order valence-corrected chi connectivity index (χ1v) is 6.02. The molecule has 0 aromatic heterocycles. The Morgan fingerprint density at radius 2 is 2.06 bits per heavy atom. The number of carbonyl (C=O) groups excluding carboxylic acids is 1. The minimum absolute atomic E-state index is 0.137. The molecule has 0 aliphatic rings. The Labute approximate surface area is 109 Å². The zero-order chi connectivity index (χ0) is 13.2. The van der Waals surface area contributed by atoms with Gasteiger partial charge in [0, 0.05) is 4.47 Å². The maximum absolute atomic E-state index is 13.5. The molecule has 94 valence electrons. The molecule has 17 heavy (non-hydrogen) atoms. The Bertz CT molecular complexity index is 429. The molecule has 1 rings (SSSR count). The Morgan fingerprint density at radius 1 is 1.47 bits per heavy atom. The van der Waals surface area contributed by atoms with Crippen molar-refractivity contribution in [3.05, 3.63) is 28.5 Å². The molecule has 0 aliphatic heterocycles. The third-order valence-corrected chi connectivity index (χ3v) is 2.90. The third-order valence-electron chi connectivity index (χ3n) is 2.40. The number of anilines is 1. The summed E-state index contributed by atoms with van der Waals surface area (Å²) in [5.41, 5.74) is 5.55. The molecule has 0 aliphatic carbocycles. The molecule has 1 atom stereocenters. The third kappa shape index (κ3) is 3.78. The highest BCUT2D eigenvalue weighted by Gasteiger charge is 2.27. The van der Waals surface area contributed by atoms with Gasteiger partial charge >= 0.3 is 0 Å². The number of carbonyl (C=O) groups is 1. The van der Waals surface area contributed by atoms with Gasteiger partial charge < -0.3 is 11.1 Å². The lowest BCUT2D eigenvalue weighted by atomic mass is 9.87. The lowest BCUT2D eigenvalue weighted by Crippen LogP contribution is -2.45. The molecular weight excluding hydrogens is 287 g/mol. The summed E-state index contributed by atoms with van der Waals surface area (Å²) in [7, 11) is 0. The summed E-state index contributed by atoms with van der Waals surface area (Å²) < 4.78 is 14.1. The van der Waals surface area contributed by atoms with Gasteiger partial charge in [0.1, 0.15) is 5.82 Å². The van der Waals surface area contributed by atoms with E-state index in [1.165, 1.54) is 12.1 Å². The zero-order valence-electron chi connectivity index (χ0n) is 10.1. The first kappa shape index (κ1) is 14.1. The van der Waals surface area contributed by atoms with Crippen molar-refractivity contribution < 1.29 is 9.18 Å². The predicted octanol–water partition coefficient (Wildman–Crippen LogP) is 2.90. The van der Waals surface area contributed by atoms with E-state index in [1.54, 1.807) is 6.07 Å². The van der Waals surface area contributed by atoms with Crippen LogP contribution in [0.1, 0.15) is 20.8 Å². The molecule has 0 radical (unpaired) electrons. The summed E-state index contributed by atoms with van der Waals surface area (Å²) in [6, 6.07) is 3.75. The first-order valence-electron chi connectivity index (χ1n) is 5.23. The Balaban J connectivity index is 2.82. The summed E-state index contributed by atoms with van der Waals surface area (Å²) in [4.78, 5) is 11.8. The van der Waals surface area contributed by atoms with Crippen LogP contribution in [0.15, 0.2) is 22.7 Å². The highest BCUT2D eigenvalue weighted by molar-refractivity contribution is 9.10. The SMILES string of the molecule is CC(C)(C)[C@@H](N)C(=O)Nc1ccc(Br)cc1F. The van der Waals surface area contributed by atoms with E-state index >= 15 is 0 Å². The molecule has 0 unspecified atom stereocenters. The number of hydrogen-bond acceptors (Lipinski definition) is 2. The van der Waals surface area contributed by atoms with Crippen molar-refractivity contribution in [1.82, 2.24) is 0 Å². The standard InChI is InChI=1S/C12H16BrFN2O/c1-12(2,3)10(15)11(17)16-9-5-4-7(13)6-8(9)14/h4-6,10H,15H2,1-3H3,(H,16,17)/t10-/m0/s1. The topological polar surface area (TPSA) is 55.1 Å². The van der Waals surface area contributed by atoms with Gasteiger partial charge in [-0.05, 0) is 23.6 Å². The molecule has 1 amide bonds. The van der Waals surface area contributed by atoms with E-state index in [0.29, 0.717) is 4.47 Å². The highest BCUT2D eigenvalue weighted by atomic mass is 79.9. The molecule has 1 aromatic rings. The average molecular weight is 303 g/mol. The number of rotatable bonds is 2. The van der Waals surface area contributed by atoms with Gasteiger partial charge in [0.2, 0.25) is 5.91 Å². The fourth-order valence-corrected chi connectivity index (χ4v) is 1.53. The molecule has 0 fully saturated rings. The van der Waals surface area contributed by atoms with Crippen molar-refractivity contribution in [2.24, 2.45) is 11.1 Å². The van der Waals surface area contributed by atoms with E-state index in [4.69, 9.17) is 5.73 Å². The van der Waals surface area contributed by atoms with Crippen LogP contribution in [-0.4, -0.2) is 11.9 Å². The quantitative estimate of drug-likeness (QED) is 0.882. The van der Waals surface area contributed by atoms with Gasteiger partial charge in [0.15, 0.2) is 0 Å². The number of amides is 1. The minimum atomic E-state index is -0.689. The summed E-state index contributed by atoms with van der Waals surface area (Å²) >= 11 is 3.15. The normalized spacial score (nSPS) is 13.3. The molecular formula is C12H16BrFN2O. The van der Waals surface area contributed by atoms with E-state index in [1.807, 2.05) is 20.8 Å². The Hall–Kier alpha value is -0.940. The van der Waals surface area contributed by atoms with Crippen molar-refractivity contribution in [2.45, 2.75) is 26.8 Å². The second-order valence-corrected chi connectivity index (χ2v) is 5.87. The molecule has 0 heterocycles. The maximum atomic E-state index is 13.5. The molecule has 3 N–H and O–H groups in total. The first-order chi connectivity index (χ1) is 7.71. The number of benzene rings is 1. The van der Waals surface area contributed by atoms with Crippen LogP contribution in [0.2, 0.25) is 0 Å². The molecule has 0 saturated heterocycles. The van der Waals surface area contributed by atoms with E-state index in [2.05, 4.69) is 21.2 Å². The van der Waals surface area contributed by atoms with E-state index in [-0.39, 0.29) is 11.1 Å². The minimum Gasteiger partial charge on any atom is -0.322 e. The Kier molecular flexibility index (Phi) is 4.27. The lowest BCUT2D eigenvalue weighted by molar-refractivity contribution is -0.119. The fourth-order valence-electron chi connectivity index (χ4n) is 1.19. The average Bonchev–Trinajstić information content (AvgIpc) is 2.19. The van der Waals surface area contributed by atoms with Gasteiger partial charge in [-0.1, -0.05) is 36.7 Å². The summed E-state index contributed by atoms with van der Waals surface area (Å²) in [6.45, 7) is 5.57. The van der Waals surface area contributed by atoms with E-state index in [9.17, 15) is 9.18 Å². The lowest BCUT2D eigenvalue weighted by Gasteiger charge is -2.25. The number of halogens is 2. The van der Waals surface area contributed by atoms with Crippen molar-refractivity contribution in [2.75, 3.05) is 5.32 Å². The summed E-state index contributed by atoms with van der Waals surface area (Å²) in [5.74, 6) is -0.882. The van der Waals surface area contributed by atoms with Crippen LogP contribution >= 0.6 is 15.9 Å².